The van der Waals surface area contributed by atoms with Crippen LogP contribution in [0.25, 0.3) is 0 Å². The van der Waals surface area contributed by atoms with E-state index in [4.69, 9.17) is 4.74 Å². The van der Waals surface area contributed by atoms with E-state index in [0.717, 1.165) is 22.4 Å². The number of amides is 2. The number of carbonyl (C=O) groups excluding carboxylic acids is 2. The van der Waals surface area contributed by atoms with Gasteiger partial charge in [-0.25, -0.2) is 9.82 Å². The lowest BCUT2D eigenvalue weighted by atomic mass is 9.97. The van der Waals surface area contributed by atoms with E-state index in [0.29, 0.717) is 0 Å². The van der Waals surface area contributed by atoms with Gasteiger partial charge in [-0.1, -0.05) is 27.7 Å². The Labute approximate surface area is 182 Å². The first-order chi connectivity index (χ1) is 14.6. The first-order valence-corrected chi connectivity index (χ1v) is 10.2. The molecule has 0 heterocycles. The number of hydrogen-bond donors (Lipinski definition) is 2. The molecule has 31 heavy (non-hydrogen) atoms. The standard InChI is InChI=1S/C24H30FN3O3/c1-14(2)20-12-18(16(5)11-21(20)31-6)13-26-28-24(30)22(15(3)4)27-23(29)17-7-9-19(25)10-8-17/h7-15,22H,1-6H3,(H,27,29)(H,28,30). The Morgan fingerprint density at radius 2 is 1.74 bits per heavy atom. The van der Waals surface area contributed by atoms with Crippen molar-refractivity contribution in [2.45, 2.75) is 46.6 Å². The molecule has 2 N–H and O–H groups in total. The summed E-state index contributed by atoms with van der Waals surface area (Å²) >= 11 is 0. The van der Waals surface area contributed by atoms with Crippen LogP contribution >= 0.6 is 0 Å². The predicted molar refractivity (Wildman–Crippen MR) is 120 cm³/mol. The maximum absolute atomic E-state index is 13.1. The van der Waals surface area contributed by atoms with Crippen molar-refractivity contribution in [1.82, 2.24) is 10.7 Å². The second-order valence-corrected chi connectivity index (χ2v) is 8.04. The SMILES string of the molecule is COc1cc(C)c(C=NNC(=O)C(NC(=O)c2ccc(F)cc2)C(C)C)cc1C(C)C. The van der Waals surface area contributed by atoms with Crippen molar-refractivity contribution >= 4 is 18.0 Å². The highest BCUT2D eigenvalue weighted by atomic mass is 19.1. The van der Waals surface area contributed by atoms with Crippen LogP contribution in [0.15, 0.2) is 41.5 Å². The van der Waals surface area contributed by atoms with Gasteiger partial charge in [0, 0.05) is 5.56 Å². The van der Waals surface area contributed by atoms with E-state index in [1.807, 2.05) is 32.9 Å². The number of aryl methyl sites for hydroxylation is 1. The summed E-state index contributed by atoms with van der Waals surface area (Å²) in [5, 5.41) is 6.77. The fourth-order valence-electron chi connectivity index (χ4n) is 3.08. The number of carbonyl (C=O) groups is 2. The maximum Gasteiger partial charge on any atom is 0.262 e. The molecule has 0 aromatic heterocycles. The lowest BCUT2D eigenvalue weighted by molar-refractivity contribution is -0.123. The van der Waals surface area contributed by atoms with E-state index >= 15 is 0 Å². The lowest BCUT2D eigenvalue weighted by Gasteiger charge is -2.20. The molecule has 6 nitrogen and oxygen atoms in total. The minimum Gasteiger partial charge on any atom is -0.496 e. The minimum atomic E-state index is -0.794. The number of halogens is 1. The van der Waals surface area contributed by atoms with Crippen LogP contribution < -0.4 is 15.5 Å². The van der Waals surface area contributed by atoms with Crippen molar-refractivity contribution in [3.8, 4) is 5.75 Å². The van der Waals surface area contributed by atoms with Crippen molar-refractivity contribution < 1.29 is 18.7 Å². The van der Waals surface area contributed by atoms with E-state index in [2.05, 4.69) is 29.7 Å². The third kappa shape index (κ3) is 6.38. The number of nitrogens with one attached hydrogen (secondary N) is 2. The molecule has 1 unspecified atom stereocenters. The molecule has 2 aromatic carbocycles. The van der Waals surface area contributed by atoms with Gasteiger partial charge < -0.3 is 10.1 Å². The molecular formula is C24H30FN3O3. The number of hydrazone groups is 1. The Hall–Kier alpha value is -3.22. The van der Waals surface area contributed by atoms with Crippen LogP contribution in [0.4, 0.5) is 4.39 Å². The predicted octanol–water partition coefficient (Wildman–Crippen LogP) is 4.17. The molecule has 0 saturated heterocycles. The average Bonchev–Trinajstić information content (AvgIpc) is 2.72. The second kappa shape index (κ2) is 10.7. The normalized spacial score (nSPS) is 12.3. The number of rotatable bonds is 8. The molecule has 2 rings (SSSR count). The van der Waals surface area contributed by atoms with Crippen molar-refractivity contribution in [2.75, 3.05) is 7.11 Å². The first kappa shape index (κ1) is 24.1. The number of nitrogens with zero attached hydrogens (tertiary/aromatic N) is 1. The molecule has 1 atom stereocenters. The highest BCUT2D eigenvalue weighted by molar-refractivity contribution is 5.97. The summed E-state index contributed by atoms with van der Waals surface area (Å²) in [7, 11) is 1.64. The molecule has 0 aliphatic heterocycles. The lowest BCUT2D eigenvalue weighted by Crippen LogP contribution is -2.48. The van der Waals surface area contributed by atoms with Crippen LogP contribution in [-0.4, -0.2) is 31.2 Å². The fraction of sp³-hybridized carbons (Fsp3) is 0.375. The van der Waals surface area contributed by atoms with Crippen molar-refractivity contribution in [1.29, 1.82) is 0 Å². The van der Waals surface area contributed by atoms with Crippen molar-refractivity contribution in [2.24, 2.45) is 11.0 Å². The van der Waals surface area contributed by atoms with Gasteiger partial charge in [-0.3, -0.25) is 9.59 Å². The summed E-state index contributed by atoms with van der Waals surface area (Å²) in [6.07, 6.45) is 1.58. The highest BCUT2D eigenvalue weighted by Crippen LogP contribution is 2.29. The number of ether oxygens (including phenoxy) is 1. The minimum absolute atomic E-state index is 0.171. The average molecular weight is 428 g/mol. The van der Waals surface area contributed by atoms with Gasteiger partial charge in [0.25, 0.3) is 11.8 Å². The van der Waals surface area contributed by atoms with E-state index in [-0.39, 0.29) is 17.4 Å². The Bertz CT molecular complexity index is 953. The molecule has 0 aliphatic carbocycles. The van der Waals surface area contributed by atoms with Crippen molar-refractivity contribution in [3.63, 3.8) is 0 Å². The number of hydrogen-bond acceptors (Lipinski definition) is 4. The summed E-state index contributed by atoms with van der Waals surface area (Å²) in [6, 6.07) is 8.29. The summed E-state index contributed by atoms with van der Waals surface area (Å²) in [5.41, 5.74) is 5.66. The van der Waals surface area contributed by atoms with Gasteiger partial charge in [0.05, 0.1) is 13.3 Å². The molecule has 0 fully saturated rings. The molecule has 0 aliphatic rings. The van der Waals surface area contributed by atoms with Crippen LogP contribution in [-0.2, 0) is 4.79 Å². The largest absolute Gasteiger partial charge is 0.496 e. The molecule has 0 spiro atoms. The smallest absolute Gasteiger partial charge is 0.262 e. The highest BCUT2D eigenvalue weighted by Gasteiger charge is 2.24. The van der Waals surface area contributed by atoms with E-state index in [1.165, 1.54) is 24.3 Å². The summed E-state index contributed by atoms with van der Waals surface area (Å²) < 4.78 is 18.5. The fourth-order valence-corrected chi connectivity index (χ4v) is 3.08. The summed E-state index contributed by atoms with van der Waals surface area (Å²) in [6.45, 7) is 9.73. The molecule has 166 valence electrons. The van der Waals surface area contributed by atoms with Gasteiger partial charge in [-0.2, -0.15) is 5.10 Å². The Morgan fingerprint density at radius 3 is 2.29 bits per heavy atom. The quantitative estimate of drug-likeness (QED) is 0.490. The second-order valence-electron chi connectivity index (χ2n) is 8.04. The van der Waals surface area contributed by atoms with Crippen LogP contribution in [0, 0.1) is 18.7 Å². The van der Waals surface area contributed by atoms with Gasteiger partial charge in [0.1, 0.15) is 17.6 Å². The Kier molecular flexibility index (Phi) is 8.30. The molecule has 2 aromatic rings. The zero-order valence-electron chi connectivity index (χ0n) is 18.8. The van der Waals surface area contributed by atoms with Crippen molar-refractivity contribution in [3.05, 3.63) is 64.5 Å². The van der Waals surface area contributed by atoms with Crippen LogP contribution in [0.2, 0.25) is 0 Å². The Balaban J connectivity index is 2.11. The molecular weight excluding hydrogens is 397 g/mol. The van der Waals surface area contributed by atoms with Crippen LogP contribution in [0.1, 0.15) is 60.7 Å². The van der Waals surface area contributed by atoms with E-state index in [9.17, 15) is 14.0 Å². The van der Waals surface area contributed by atoms with Gasteiger partial charge >= 0.3 is 0 Å². The van der Waals surface area contributed by atoms with Gasteiger partial charge in [0.15, 0.2) is 0 Å². The molecule has 0 bridgehead atoms. The molecule has 7 heteroatoms. The molecule has 0 radical (unpaired) electrons. The zero-order valence-corrected chi connectivity index (χ0v) is 18.8. The summed E-state index contributed by atoms with van der Waals surface area (Å²) in [5.74, 6) is -0.405. The van der Waals surface area contributed by atoms with Gasteiger partial charge in [-0.15, -0.1) is 0 Å². The Morgan fingerprint density at radius 1 is 1.10 bits per heavy atom. The third-order valence-corrected chi connectivity index (χ3v) is 4.96. The first-order valence-electron chi connectivity index (χ1n) is 10.2. The third-order valence-electron chi connectivity index (χ3n) is 4.96. The number of benzene rings is 2. The zero-order chi connectivity index (χ0) is 23.1. The van der Waals surface area contributed by atoms with E-state index < -0.39 is 23.7 Å². The van der Waals surface area contributed by atoms with E-state index in [1.54, 1.807) is 13.3 Å². The number of methoxy groups -OCH3 is 1. The van der Waals surface area contributed by atoms with Crippen LogP contribution in [0.5, 0.6) is 5.75 Å². The monoisotopic (exact) mass is 427 g/mol. The van der Waals surface area contributed by atoms with Gasteiger partial charge in [0.2, 0.25) is 0 Å². The molecule has 0 saturated carbocycles. The maximum atomic E-state index is 13.1. The molecule has 2 amide bonds. The summed E-state index contributed by atoms with van der Waals surface area (Å²) in [4.78, 5) is 25.0. The van der Waals surface area contributed by atoms with Gasteiger partial charge in [-0.05, 0) is 71.8 Å². The van der Waals surface area contributed by atoms with Crippen LogP contribution in [0.3, 0.4) is 0 Å². The topological polar surface area (TPSA) is 79.8 Å².